The average Bonchev–Trinajstić information content (AvgIpc) is 3.54. The second-order valence-electron chi connectivity index (χ2n) is 7.88. The number of halogens is 1. The predicted octanol–water partition coefficient (Wildman–Crippen LogP) is 4.50. The minimum Gasteiger partial charge on any atom is -0.370 e. The zero-order chi connectivity index (χ0) is 20.5. The quantitative estimate of drug-likeness (QED) is 0.458. The van der Waals surface area contributed by atoms with Crippen LogP contribution >= 0.6 is 15.9 Å². The van der Waals surface area contributed by atoms with Gasteiger partial charge < -0.3 is 21.4 Å². The molecule has 1 aliphatic heterocycles. The highest BCUT2D eigenvalue weighted by Crippen LogP contribution is 2.40. The zero-order valence-electron chi connectivity index (χ0n) is 16.7. The van der Waals surface area contributed by atoms with Crippen LogP contribution in [0, 0.1) is 0 Å². The van der Waals surface area contributed by atoms with Crippen LogP contribution in [0.15, 0.2) is 41.0 Å². The van der Waals surface area contributed by atoms with Crippen LogP contribution in [0.3, 0.4) is 0 Å². The average molecular weight is 469 g/mol. The number of nitrogen functional groups attached to an aromatic ring is 1. The molecule has 0 radical (unpaired) electrons. The molecule has 0 bridgehead atoms. The molecule has 2 aromatic heterocycles. The first-order chi connectivity index (χ1) is 14.7. The number of piperidine rings is 1. The lowest BCUT2D eigenvalue weighted by molar-refractivity contribution is 0.578. The van der Waals surface area contributed by atoms with E-state index in [1.165, 1.54) is 42.6 Å². The topological polar surface area (TPSA) is 96.9 Å². The fourth-order valence-corrected chi connectivity index (χ4v) is 4.19. The maximum absolute atomic E-state index is 6.00. The van der Waals surface area contributed by atoms with E-state index in [0.29, 0.717) is 23.5 Å². The van der Waals surface area contributed by atoms with Crippen molar-refractivity contribution in [3.05, 3.63) is 46.7 Å². The second-order valence-corrected chi connectivity index (χ2v) is 8.73. The summed E-state index contributed by atoms with van der Waals surface area (Å²) in [5, 5.41) is 11.0. The minimum atomic E-state index is 0.524. The standard InChI is InChI=1S/C21H25BrN8/c22-15-13-24-21(25-16-6-2-3-7-17(16)29-10-4-1-5-11-29)27-20(15)26-19-12-18(14-8-9-14)30(23)28-19/h2-3,6-7,12-14H,1,4-5,8-11,23H2,(H2,24,25,26,27,28). The van der Waals surface area contributed by atoms with Crippen molar-refractivity contribution < 1.29 is 0 Å². The Morgan fingerprint density at radius 2 is 1.87 bits per heavy atom. The Kier molecular flexibility index (Phi) is 5.20. The van der Waals surface area contributed by atoms with Gasteiger partial charge in [0.1, 0.15) is 0 Å². The molecule has 5 rings (SSSR count). The Bertz CT molecular complexity index is 1040. The van der Waals surface area contributed by atoms with Crippen LogP contribution in [-0.4, -0.2) is 32.9 Å². The van der Waals surface area contributed by atoms with Crippen LogP contribution in [0.25, 0.3) is 0 Å². The highest BCUT2D eigenvalue weighted by atomic mass is 79.9. The molecule has 2 aliphatic rings. The molecule has 156 valence electrons. The molecule has 8 nitrogen and oxygen atoms in total. The molecule has 3 heterocycles. The summed E-state index contributed by atoms with van der Waals surface area (Å²) >= 11 is 3.53. The third kappa shape index (κ3) is 4.07. The molecular formula is C21H25BrN8. The van der Waals surface area contributed by atoms with Gasteiger partial charge in [0.05, 0.1) is 21.5 Å². The van der Waals surface area contributed by atoms with Gasteiger partial charge in [-0.15, -0.1) is 5.10 Å². The smallest absolute Gasteiger partial charge is 0.229 e. The Morgan fingerprint density at radius 1 is 1.07 bits per heavy atom. The fourth-order valence-electron chi connectivity index (χ4n) is 3.90. The summed E-state index contributed by atoms with van der Waals surface area (Å²) in [6, 6.07) is 10.3. The van der Waals surface area contributed by atoms with Crippen molar-refractivity contribution in [3.63, 3.8) is 0 Å². The van der Waals surface area contributed by atoms with E-state index in [1.807, 2.05) is 12.1 Å². The number of benzene rings is 1. The van der Waals surface area contributed by atoms with E-state index in [4.69, 9.17) is 5.84 Å². The van der Waals surface area contributed by atoms with Crippen LogP contribution in [-0.2, 0) is 0 Å². The Labute approximate surface area is 184 Å². The van der Waals surface area contributed by atoms with Crippen LogP contribution in [0.5, 0.6) is 0 Å². The number of hydrogen-bond acceptors (Lipinski definition) is 7. The molecule has 0 atom stereocenters. The first-order valence-electron chi connectivity index (χ1n) is 10.4. The largest absolute Gasteiger partial charge is 0.370 e. The summed E-state index contributed by atoms with van der Waals surface area (Å²) < 4.78 is 0.761. The first kappa shape index (κ1) is 19.2. The van der Waals surface area contributed by atoms with Crippen molar-refractivity contribution in [3.8, 4) is 0 Å². The Hall–Kier alpha value is -2.81. The van der Waals surface area contributed by atoms with E-state index in [9.17, 15) is 0 Å². The molecule has 0 spiro atoms. The SMILES string of the molecule is Nn1nc(Nc2nc(Nc3ccccc3N3CCCCC3)ncc2Br)cc1C1CC1. The third-order valence-electron chi connectivity index (χ3n) is 5.60. The van der Waals surface area contributed by atoms with Gasteiger partial charge in [-0.05, 0) is 60.2 Å². The van der Waals surface area contributed by atoms with Gasteiger partial charge in [-0.25, -0.2) is 4.98 Å². The summed E-state index contributed by atoms with van der Waals surface area (Å²) in [6.45, 7) is 2.16. The molecule has 1 saturated heterocycles. The first-order valence-corrected chi connectivity index (χ1v) is 11.2. The maximum Gasteiger partial charge on any atom is 0.229 e. The number of para-hydroxylation sites is 2. The van der Waals surface area contributed by atoms with Crippen LogP contribution < -0.4 is 21.4 Å². The van der Waals surface area contributed by atoms with Gasteiger partial charge in [0.15, 0.2) is 11.6 Å². The van der Waals surface area contributed by atoms with E-state index in [2.05, 4.69) is 64.7 Å². The third-order valence-corrected chi connectivity index (χ3v) is 6.18. The second kappa shape index (κ2) is 8.14. The Balaban J connectivity index is 1.37. The van der Waals surface area contributed by atoms with Gasteiger partial charge in [0.2, 0.25) is 5.95 Å². The molecule has 1 saturated carbocycles. The molecule has 1 aliphatic carbocycles. The number of hydrogen-bond donors (Lipinski definition) is 3. The lowest BCUT2D eigenvalue weighted by Crippen LogP contribution is -2.29. The molecule has 2 fully saturated rings. The summed E-state index contributed by atoms with van der Waals surface area (Å²) in [4.78, 5) is 13.0. The van der Waals surface area contributed by atoms with E-state index < -0.39 is 0 Å². The lowest BCUT2D eigenvalue weighted by Gasteiger charge is -2.30. The van der Waals surface area contributed by atoms with E-state index in [0.717, 1.165) is 28.9 Å². The highest BCUT2D eigenvalue weighted by molar-refractivity contribution is 9.10. The van der Waals surface area contributed by atoms with E-state index >= 15 is 0 Å². The molecular weight excluding hydrogens is 444 g/mol. The van der Waals surface area contributed by atoms with Gasteiger partial charge in [0.25, 0.3) is 0 Å². The normalized spacial score (nSPS) is 16.5. The molecule has 9 heteroatoms. The Morgan fingerprint density at radius 3 is 2.67 bits per heavy atom. The monoisotopic (exact) mass is 468 g/mol. The van der Waals surface area contributed by atoms with Gasteiger partial charge in [0, 0.05) is 31.3 Å². The highest BCUT2D eigenvalue weighted by Gasteiger charge is 2.28. The van der Waals surface area contributed by atoms with Crippen molar-refractivity contribution in [2.45, 2.75) is 38.0 Å². The predicted molar refractivity (Wildman–Crippen MR) is 123 cm³/mol. The summed E-state index contributed by atoms with van der Waals surface area (Å²) in [5.74, 6) is 8.37. The van der Waals surface area contributed by atoms with Crippen molar-refractivity contribution in [2.75, 3.05) is 34.5 Å². The van der Waals surface area contributed by atoms with Crippen LogP contribution in [0.1, 0.15) is 43.7 Å². The number of aromatic nitrogens is 4. The van der Waals surface area contributed by atoms with Crippen molar-refractivity contribution in [2.24, 2.45) is 0 Å². The molecule has 4 N–H and O–H groups in total. The zero-order valence-corrected chi connectivity index (χ0v) is 18.3. The van der Waals surface area contributed by atoms with Gasteiger partial charge >= 0.3 is 0 Å². The molecule has 0 unspecified atom stereocenters. The molecule has 0 amide bonds. The maximum atomic E-state index is 6.00. The van der Waals surface area contributed by atoms with Crippen molar-refractivity contribution in [1.82, 2.24) is 19.9 Å². The number of nitrogens with one attached hydrogen (secondary N) is 2. The lowest BCUT2D eigenvalue weighted by atomic mass is 10.1. The van der Waals surface area contributed by atoms with Gasteiger partial charge in [-0.2, -0.15) is 9.77 Å². The number of anilines is 5. The van der Waals surface area contributed by atoms with Crippen LogP contribution in [0.4, 0.5) is 29.0 Å². The molecule has 3 aromatic rings. The fraction of sp³-hybridized carbons (Fsp3) is 0.381. The van der Waals surface area contributed by atoms with Gasteiger partial charge in [-0.1, -0.05) is 12.1 Å². The summed E-state index contributed by atoms with van der Waals surface area (Å²) in [5.41, 5.74) is 3.25. The van der Waals surface area contributed by atoms with Crippen molar-refractivity contribution >= 4 is 44.9 Å². The number of nitrogens with zero attached hydrogens (tertiary/aromatic N) is 5. The summed E-state index contributed by atoms with van der Waals surface area (Å²) in [7, 11) is 0. The van der Waals surface area contributed by atoms with Crippen LogP contribution in [0.2, 0.25) is 0 Å². The van der Waals surface area contributed by atoms with E-state index in [-0.39, 0.29) is 0 Å². The van der Waals surface area contributed by atoms with Gasteiger partial charge in [-0.3, -0.25) is 0 Å². The van der Waals surface area contributed by atoms with Crippen molar-refractivity contribution in [1.29, 1.82) is 0 Å². The van der Waals surface area contributed by atoms with E-state index in [1.54, 1.807) is 6.20 Å². The molecule has 30 heavy (non-hydrogen) atoms. The molecule has 1 aromatic carbocycles. The number of nitrogens with two attached hydrogens (primary N) is 1. The minimum absolute atomic E-state index is 0.524. The summed E-state index contributed by atoms with van der Waals surface area (Å²) in [6.07, 6.45) is 7.84. The number of rotatable bonds is 6.